The SMILES string of the molecule is C[Si](C)(C)OC1=NC(c2ccccc2)(c2ccccc2)C(=O)N1. The molecule has 4 nitrogen and oxygen atoms in total. The van der Waals surface area contributed by atoms with E-state index in [0.29, 0.717) is 6.02 Å². The van der Waals surface area contributed by atoms with Crippen molar-refractivity contribution < 1.29 is 9.22 Å². The van der Waals surface area contributed by atoms with E-state index in [-0.39, 0.29) is 5.91 Å². The Bertz CT molecular complexity index is 697. The second-order valence-electron chi connectivity index (χ2n) is 6.53. The van der Waals surface area contributed by atoms with Gasteiger partial charge in [0.25, 0.3) is 11.9 Å². The first-order valence-electron chi connectivity index (χ1n) is 7.63. The van der Waals surface area contributed by atoms with E-state index in [4.69, 9.17) is 9.42 Å². The first-order chi connectivity index (χ1) is 10.9. The molecule has 118 valence electrons. The van der Waals surface area contributed by atoms with Crippen molar-refractivity contribution in [3.63, 3.8) is 0 Å². The lowest BCUT2D eigenvalue weighted by atomic mass is 9.83. The summed E-state index contributed by atoms with van der Waals surface area (Å²) in [5, 5.41) is 2.82. The van der Waals surface area contributed by atoms with Crippen molar-refractivity contribution in [1.29, 1.82) is 0 Å². The molecular formula is C18H20N2O2Si. The highest BCUT2D eigenvalue weighted by Crippen LogP contribution is 2.37. The van der Waals surface area contributed by atoms with Crippen molar-refractivity contribution in [3.05, 3.63) is 71.8 Å². The summed E-state index contributed by atoms with van der Waals surface area (Å²) in [4.78, 5) is 17.6. The number of amides is 1. The van der Waals surface area contributed by atoms with E-state index in [2.05, 4.69) is 25.0 Å². The van der Waals surface area contributed by atoms with Gasteiger partial charge < -0.3 is 4.43 Å². The molecule has 0 aromatic heterocycles. The molecule has 0 saturated carbocycles. The Labute approximate surface area is 137 Å². The zero-order valence-corrected chi connectivity index (χ0v) is 14.5. The molecule has 0 atom stereocenters. The number of amidine groups is 1. The molecule has 0 aliphatic carbocycles. The fourth-order valence-corrected chi connectivity index (χ4v) is 3.35. The average molecular weight is 324 g/mol. The molecule has 0 spiro atoms. The van der Waals surface area contributed by atoms with Crippen LogP contribution in [0.4, 0.5) is 0 Å². The van der Waals surface area contributed by atoms with Gasteiger partial charge in [0.15, 0.2) is 5.54 Å². The van der Waals surface area contributed by atoms with Crippen molar-refractivity contribution in [2.75, 3.05) is 0 Å². The molecule has 1 aliphatic heterocycles. The first kappa shape index (κ1) is 15.5. The maximum absolute atomic E-state index is 12.9. The van der Waals surface area contributed by atoms with Gasteiger partial charge in [-0.1, -0.05) is 60.7 Å². The average Bonchev–Trinajstić information content (AvgIpc) is 2.84. The van der Waals surface area contributed by atoms with Crippen LogP contribution in [0, 0.1) is 0 Å². The second kappa shape index (κ2) is 5.66. The molecular weight excluding hydrogens is 304 g/mol. The van der Waals surface area contributed by atoms with Gasteiger partial charge in [-0.25, -0.2) is 4.99 Å². The quantitative estimate of drug-likeness (QED) is 0.881. The summed E-state index contributed by atoms with van der Waals surface area (Å²) in [6, 6.07) is 19.5. The summed E-state index contributed by atoms with van der Waals surface area (Å²) >= 11 is 0. The number of rotatable bonds is 3. The molecule has 0 bridgehead atoms. The topological polar surface area (TPSA) is 50.7 Å². The largest absolute Gasteiger partial charge is 0.519 e. The lowest BCUT2D eigenvalue weighted by Gasteiger charge is -2.24. The summed E-state index contributed by atoms with van der Waals surface area (Å²) in [5.41, 5.74) is 0.577. The minimum Gasteiger partial charge on any atom is -0.519 e. The molecule has 2 aromatic rings. The lowest BCUT2D eigenvalue weighted by Crippen LogP contribution is -2.40. The summed E-state index contributed by atoms with van der Waals surface area (Å²) in [6.45, 7) is 6.19. The second-order valence-corrected chi connectivity index (χ2v) is 11.0. The minimum atomic E-state index is -1.86. The van der Waals surface area contributed by atoms with E-state index in [0.717, 1.165) is 11.1 Å². The van der Waals surface area contributed by atoms with Crippen LogP contribution in [-0.4, -0.2) is 20.2 Å². The number of aliphatic imine (C=N–C) groups is 1. The minimum absolute atomic E-state index is 0.178. The normalized spacial score (nSPS) is 16.7. The molecule has 1 heterocycles. The van der Waals surface area contributed by atoms with E-state index in [1.54, 1.807) is 0 Å². The third-order valence-corrected chi connectivity index (χ3v) is 4.41. The molecule has 1 aliphatic rings. The molecule has 2 aromatic carbocycles. The van der Waals surface area contributed by atoms with Crippen molar-refractivity contribution in [2.45, 2.75) is 25.2 Å². The monoisotopic (exact) mass is 324 g/mol. The van der Waals surface area contributed by atoms with Gasteiger partial charge in [0.05, 0.1) is 0 Å². The highest BCUT2D eigenvalue weighted by molar-refractivity contribution is 6.71. The molecule has 3 rings (SSSR count). The Morgan fingerprint density at radius 3 is 1.83 bits per heavy atom. The Morgan fingerprint density at radius 1 is 0.913 bits per heavy atom. The van der Waals surface area contributed by atoms with Crippen molar-refractivity contribution >= 4 is 20.2 Å². The number of nitrogens with zero attached hydrogens (tertiary/aromatic N) is 1. The van der Waals surface area contributed by atoms with Crippen LogP contribution < -0.4 is 5.32 Å². The van der Waals surface area contributed by atoms with Gasteiger partial charge in [-0.2, -0.15) is 0 Å². The number of benzene rings is 2. The maximum atomic E-state index is 12.9. The van der Waals surface area contributed by atoms with Crippen LogP contribution in [0.1, 0.15) is 11.1 Å². The number of hydrogen-bond donors (Lipinski definition) is 1. The van der Waals surface area contributed by atoms with Gasteiger partial charge in [0, 0.05) is 0 Å². The molecule has 0 fully saturated rings. The summed E-state index contributed by atoms with van der Waals surface area (Å²) in [6.07, 6.45) is 0. The van der Waals surface area contributed by atoms with Crippen LogP contribution in [0.3, 0.4) is 0 Å². The fourth-order valence-electron chi connectivity index (χ4n) is 2.67. The third kappa shape index (κ3) is 2.92. The predicted octanol–water partition coefficient (Wildman–Crippen LogP) is 3.27. The van der Waals surface area contributed by atoms with E-state index < -0.39 is 13.9 Å². The van der Waals surface area contributed by atoms with E-state index >= 15 is 0 Å². The van der Waals surface area contributed by atoms with Gasteiger partial charge in [0.2, 0.25) is 8.32 Å². The van der Waals surface area contributed by atoms with Crippen LogP contribution in [-0.2, 0) is 14.8 Å². The Hall–Kier alpha value is -2.40. The van der Waals surface area contributed by atoms with Gasteiger partial charge in [0.1, 0.15) is 0 Å². The number of carbonyl (C=O) groups excluding carboxylic acids is 1. The molecule has 0 radical (unpaired) electrons. The molecule has 1 amide bonds. The Kier molecular flexibility index (Phi) is 3.81. The van der Waals surface area contributed by atoms with E-state index in [9.17, 15) is 4.79 Å². The Balaban J connectivity index is 2.16. The van der Waals surface area contributed by atoms with Crippen LogP contribution in [0.2, 0.25) is 19.6 Å². The maximum Gasteiger partial charge on any atom is 0.279 e. The van der Waals surface area contributed by atoms with Crippen LogP contribution >= 0.6 is 0 Å². The van der Waals surface area contributed by atoms with Crippen molar-refractivity contribution in [1.82, 2.24) is 5.32 Å². The number of hydrogen-bond acceptors (Lipinski definition) is 3. The summed E-state index contributed by atoms with van der Waals surface area (Å²) < 4.78 is 5.92. The molecule has 23 heavy (non-hydrogen) atoms. The lowest BCUT2D eigenvalue weighted by molar-refractivity contribution is -0.122. The third-order valence-electron chi connectivity index (χ3n) is 3.60. The van der Waals surface area contributed by atoms with Crippen LogP contribution in [0.25, 0.3) is 0 Å². The predicted molar refractivity (Wildman–Crippen MR) is 93.7 cm³/mol. The summed E-state index contributed by atoms with van der Waals surface area (Å²) in [7, 11) is -1.86. The summed E-state index contributed by atoms with van der Waals surface area (Å²) in [5.74, 6) is -0.178. The van der Waals surface area contributed by atoms with Crippen LogP contribution in [0.15, 0.2) is 65.7 Å². The first-order valence-corrected chi connectivity index (χ1v) is 11.0. The highest BCUT2D eigenvalue weighted by atomic mass is 28.4. The number of carbonyl (C=O) groups is 1. The van der Waals surface area contributed by atoms with Crippen molar-refractivity contribution in [2.24, 2.45) is 4.99 Å². The van der Waals surface area contributed by atoms with Gasteiger partial charge in [-0.3, -0.25) is 10.1 Å². The van der Waals surface area contributed by atoms with Crippen molar-refractivity contribution in [3.8, 4) is 0 Å². The Morgan fingerprint density at radius 2 is 1.39 bits per heavy atom. The smallest absolute Gasteiger partial charge is 0.279 e. The molecule has 5 heteroatoms. The fraction of sp³-hybridized carbons (Fsp3) is 0.222. The zero-order valence-electron chi connectivity index (χ0n) is 13.5. The highest BCUT2D eigenvalue weighted by Gasteiger charge is 2.48. The van der Waals surface area contributed by atoms with Gasteiger partial charge in [-0.05, 0) is 30.8 Å². The molecule has 1 N–H and O–H groups in total. The van der Waals surface area contributed by atoms with E-state index in [1.165, 1.54) is 0 Å². The van der Waals surface area contributed by atoms with E-state index in [1.807, 2.05) is 60.7 Å². The van der Waals surface area contributed by atoms with Gasteiger partial charge >= 0.3 is 0 Å². The number of nitrogens with one attached hydrogen (secondary N) is 1. The zero-order chi connectivity index (χ0) is 16.5. The standard InChI is InChI=1S/C18H20N2O2Si/c1-23(2,3)22-17-19-16(21)18(20-17,14-10-6-4-7-11-14)15-12-8-5-9-13-15/h4-13H,1-3H3,(H,19,20,21). The molecule has 0 saturated heterocycles. The van der Waals surface area contributed by atoms with Crippen LogP contribution in [0.5, 0.6) is 0 Å². The molecule has 0 unspecified atom stereocenters. The van der Waals surface area contributed by atoms with Gasteiger partial charge in [-0.15, -0.1) is 0 Å².